The van der Waals surface area contributed by atoms with Gasteiger partial charge in [0, 0.05) is 30.1 Å². The molecule has 0 saturated heterocycles. The highest BCUT2D eigenvalue weighted by molar-refractivity contribution is 6.42. The average molecular weight is 459 g/mol. The van der Waals surface area contributed by atoms with E-state index < -0.39 is 0 Å². The summed E-state index contributed by atoms with van der Waals surface area (Å²) in [5.74, 6) is 0.748. The van der Waals surface area contributed by atoms with Gasteiger partial charge < -0.3 is 9.88 Å². The SMILES string of the molecule is O=C(NCCc1nc2ccccc2n1Cc1ccc(Cl)c(Cl)c1)c1ccc(Cl)cc1. The quantitative estimate of drug-likeness (QED) is 0.384. The molecule has 3 aromatic carbocycles. The molecule has 0 aliphatic heterocycles. The molecule has 0 bridgehead atoms. The van der Waals surface area contributed by atoms with Crippen molar-refractivity contribution in [3.05, 3.63) is 98.7 Å². The van der Waals surface area contributed by atoms with Crippen molar-refractivity contribution in [3.8, 4) is 0 Å². The number of halogens is 3. The molecule has 0 radical (unpaired) electrons. The van der Waals surface area contributed by atoms with Crippen molar-refractivity contribution in [2.75, 3.05) is 6.54 Å². The van der Waals surface area contributed by atoms with E-state index in [-0.39, 0.29) is 5.91 Å². The number of imidazole rings is 1. The predicted octanol–water partition coefficient (Wildman–Crippen LogP) is 6.02. The minimum Gasteiger partial charge on any atom is -0.352 e. The van der Waals surface area contributed by atoms with E-state index in [1.54, 1.807) is 30.3 Å². The predicted molar refractivity (Wildman–Crippen MR) is 123 cm³/mol. The van der Waals surface area contributed by atoms with Crippen molar-refractivity contribution in [2.45, 2.75) is 13.0 Å². The highest BCUT2D eigenvalue weighted by Gasteiger charge is 2.12. The first-order chi connectivity index (χ1) is 14.5. The number of carbonyl (C=O) groups is 1. The number of aromatic nitrogens is 2. The van der Waals surface area contributed by atoms with Crippen molar-refractivity contribution >= 4 is 51.7 Å². The fourth-order valence-corrected chi connectivity index (χ4v) is 3.75. The van der Waals surface area contributed by atoms with Gasteiger partial charge in [0.1, 0.15) is 5.82 Å². The van der Waals surface area contributed by atoms with Gasteiger partial charge >= 0.3 is 0 Å². The van der Waals surface area contributed by atoms with Crippen molar-refractivity contribution in [2.24, 2.45) is 0 Å². The van der Waals surface area contributed by atoms with E-state index in [0.717, 1.165) is 22.4 Å². The maximum atomic E-state index is 12.4. The second-order valence-corrected chi connectivity index (χ2v) is 8.11. The lowest BCUT2D eigenvalue weighted by molar-refractivity contribution is 0.0954. The molecule has 0 aliphatic carbocycles. The number of carbonyl (C=O) groups excluding carboxylic acids is 1. The summed E-state index contributed by atoms with van der Waals surface area (Å²) in [6.07, 6.45) is 0.593. The van der Waals surface area contributed by atoms with Gasteiger partial charge in [0.25, 0.3) is 5.91 Å². The van der Waals surface area contributed by atoms with Gasteiger partial charge in [0.05, 0.1) is 21.1 Å². The molecule has 1 N–H and O–H groups in total. The summed E-state index contributed by atoms with van der Waals surface area (Å²) in [6.45, 7) is 1.07. The number of hydrogen-bond donors (Lipinski definition) is 1. The molecule has 152 valence electrons. The van der Waals surface area contributed by atoms with E-state index in [2.05, 4.69) is 9.88 Å². The molecule has 4 nitrogen and oxygen atoms in total. The summed E-state index contributed by atoms with van der Waals surface area (Å²) < 4.78 is 2.14. The van der Waals surface area contributed by atoms with Gasteiger partial charge in [-0.1, -0.05) is 53.0 Å². The Balaban J connectivity index is 1.53. The fourth-order valence-electron chi connectivity index (χ4n) is 3.30. The Labute approximate surface area is 189 Å². The molecule has 30 heavy (non-hydrogen) atoms. The monoisotopic (exact) mass is 457 g/mol. The minimum absolute atomic E-state index is 0.140. The summed E-state index contributed by atoms with van der Waals surface area (Å²) in [7, 11) is 0. The Morgan fingerprint density at radius 2 is 1.70 bits per heavy atom. The van der Waals surface area contributed by atoms with Crippen LogP contribution in [0, 0.1) is 0 Å². The standard InChI is InChI=1S/C23H18Cl3N3O/c24-17-8-6-16(7-9-17)23(30)27-12-11-22-28-20-3-1-2-4-21(20)29(22)14-15-5-10-18(25)19(26)13-15/h1-10,13H,11-12,14H2,(H,27,30). The molecule has 0 unspecified atom stereocenters. The second-order valence-electron chi connectivity index (χ2n) is 6.86. The Kier molecular flexibility index (Phi) is 6.28. The van der Waals surface area contributed by atoms with Crippen LogP contribution in [0.5, 0.6) is 0 Å². The van der Waals surface area contributed by atoms with Crippen LogP contribution in [0.3, 0.4) is 0 Å². The Morgan fingerprint density at radius 3 is 2.47 bits per heavy atom. The third kappa shape index (κ3) is 4.62. The number of hydrogen-bond acceptors (Lipinski definition) is 2. The highest BCUT2D eigenvalue weighted by Crippen LogP contribution is 2.25. The van der Waals surface area contributed by atoms with Crippen LogP contribution in [0.2, 0.25) is 15.1 Å². The number of benzene rings is 3. The van der Waals surface area contributed by atoms with E-state index in [1.807, 2.05) is 36.4 Å². The number of fused-ring (bicyclic) bond motifs is 1. The summed E-state index contributed by atoms with van der Waals surface area (Å²) >= 11 is 18.1. The van der Waals surface area contributed by atoms with Gasteiger partial charge in [-0.3, -0.25) is 4.79 Å². The normalized spacial score (nSPS) is 11.0. The molecular formula is C23H18Cl3N3O. The average Bonchev–Trinajstić information content (AvgIpc) is 3.08. The number of amides is 1. The number of para-hydroxylation sites is 2. The first kappa shape index (κ1) is 20.7. The molecule has 0 atom stereocenters. The largest absolute Gasteiger partial charge is 0.352 e. The van der Waals surface area contributed by atoms with Crippen LogP contribution in [0.1, 0.15) is 21.7 Å². The van der Waals surface area contributed by atoms with Gasteiger partial charge in [-0.25, -0.2) is 4.98 Å². The van der Waals surface area contributed by atoms with E-state index >= 15 is 0 Å². The molecule has 4 aromatic rings. The van der Waals surface area contributed by atoms with Gasteiger partial charge in [0.2, 0.25) is 0 Å². The number of nitrogens with zero attached hydrogens (tertiary/aromatic N) is 2. The topological polar surface area (TPSA) is 46.9 Å². The van der Waals surface area contributed by atoms with Gasteiger partial charge in [-0.15, -0.1) is 0 Å². The Hall–Kier alpha value is -2.53. The first-order valence-electron chi connectivity index (χ1n) is 9.43. The van der Waals surface area contributed by atoms with Crippen LogP contribution in [0.15, 0.2) is 66.7 Å². The smallest absolute Gasteiger partial charge is 0.251 e. The van der Waals surface area contributed by atoms with E-state index in [4.69, 9.17) is 39.8 Å². The molecule has 1 heterocycles. The van der Waals surface area contributed by atoms with Crippen LogP contribution >= 0.6 is 34.8 Å². The molecular weight excluding hydrogens is 441 g/mol. The Morgan fingerprint density at radius 1 is 0.933 bits per heavy atom. The lowest BCUT2D eigenvalue weighted by atomic mass is 10.2. The first-order valence-corrected chi connectivity index (χ1v) is 10.6. The van der Waals surface area contributed by atoms with Crippen LogP contribution in [0.25, 0.3) is 11.0 Å². The van der Waals surface area contributed by atoms with Crippen LogP contribution < -0.4 is 5.32 Å². The molecule has 1 aromatic heterocycles. The highest BCUT2D eigenvalue weighted by atomic mass is 35.5. The summed E-state index contributed by atoms with van der Waals surface area (Å²) in [6, 6.07) is 20.4. The fraction of sp³-hybridized carbons (Fsp3) is 0.130. The zero-order valence-corrected chi connectivity index (χ0v) is 18.2. The van der Waals surface area contributed by atoms with E-state index in [0.29, 0.717) is 40.1 Å². The molecule has 0 aliphatic rings. The van der Waals surface area contributed by atoms with E-state index in [1.165, 1.54) is 0 Å². The number of nitrogens with one attached hydrogen (secondary N) is 1. The van der Waals surface area contributed by atoms with Gasteiger partial charge in [-0.05, 0) is 54.1 Å². The summed E-state index contributed by atoms with van der Waals surface area (Å²) in [5, 5.41) is 4.60. The molecule has 4 rings (SSSR count). The number of rotatable bonds is 6. The third-order valence-corrected chi connectivity index (χ3v) is 5.79. The molecule has 1 amide bonds. The third-order valence-electron chi connectivity index (χ3n) is 4.80. The maximum Gasteiger partial charge on any atom is 0.251 e. The van der Waals surface area contributed by atoms with Crippen LogP contribution in [-0.2, 0) is 13.0 Å². The molecule has 0 saturated carbocycles. The lowest BCUT2D eigenvalue weighted by Crippen LogP contribution is -2.26. The van der Waals surface area contributed by atoms with Crippen molar-refractivity contribution in [1.29, 1.82) is 0 Å². The van der Waals surface area contributed by atoms with Crippen LogP contribution in [0.4, 0.5) is 0 Å². The van der Waals surface area contributed by atoms with Crippen molar-refractivity contribution in [3.63, 3.8) is 0 Å². The second kappa shape index (κ2) is 9.09. The zero-order chi connectivity index (χ0) is 21.1. The summed E-state index contributed by atoms with van der Waals surface area (Å²) in [5.41, 5.74) is 3.54. The van der Waals surface area contributed by atoms with Crippen LogP contribution in [-0.4, -0.2) is 22.0 Å². The lowest BCUT2D eigenvalue weighted by Gasteiger charge is -2.11. The van der Waals surface area contributed by atoms with Crippen molar-refractivity contribution < 1.29 is 4.79 Å². The molecule has 0 spiro atoms. The van der Waals surface area contributed by atoms with Crippen molar-refractivity contribution in [1.82, 2.24) is 14.9 Å². The summed E-state index contributed by atoms with van der Waals surface area (Å²) in [4.78, 5) is 17.1. The Bertz CT molecular complexity index is 1200. The maximum absolute atomic E-state index is 12.4. The van der Waals surface area contributed by atoms with Gasteiger partial charge in [0.15, 0.2) is 0 Å². The van der Waals surface area contributed by atoms with Gasteiger partial charge in [-0.2, -0.15) is 0 Å². The zero-order valence-electron chi connectivity index (χ0n) is 15.9. The van der Waals surface area contributed by atoms with E-state index in [9.17, 15) is 4.79 Å². The molecule has 7 heteroatoms. The molecule has 0 fully saturated rings. The minimum atomic E-state index is -0.140.